The monoisotopic (exact) mass is 346 g/mol. The van der Waals surface area contributed by atoms with Crippen LogP contribution < -0.4 is 10.6 Å². The van der Waals surface area contributed by atoms with Crippen LogP contribution in [0.15, 0.2) is 23.1 Å². The summed E-state index contributed by atoms with van der Waals surface area (Å²) in [4.78, 5) is 11.6. The minimum Gasteiger partial charge on any atom is -0.380 e. The zero-order valence-corrected chi connectivity index (χ0v) is 14.5. The van der Waals surface area contributed by atoms with Gasteiger partial charge in [0.25, 0.3) is 0 Å². The molecule has 0 saturated carbocycles. The third kappa shape index (κ3) is 5.80. The van der Waals surface area contributed by atoms with Crippen molar-refractivity contribution < 1.29 is 22.3 Å². The van der Waals surface area contributed by atoms with Gasteiger partial charge >= 0.3 is 6.03 Å². The second-order valence-electron chi connectivity index (χ2n) is 5.50. The zero-order chi connectivity index (χ0) is 17.6. The van der Waals surface area contributed by atoms with E-state index in [4.69, 9.17) is 4.74 Å². The molecule has 1 rings (SSSR count). The molecule has 0 aliphatic rings. The van der Waals surface area contributed by atoms with Gasteiger partial charge in [-0.3, -0.25) is 0 Å². The number of sulfone groups is 1. The largest absolute Gasteiger partial charge is 0.380 e. The van der Waals surface area contributed by atoms with E-state index >= 15 is 0 Å². The van der Waals surface area contributed by atoms with Crippen molar-refractivity contribution in [1.82, 2.24) is 5.32 Å². The number of hydrogen-bond donors (Lipinski definition) is 2. The van der Waals surface area contributed by atoms with E-state index < -0.39 is 26.6 Å². The molecule has 0 spiro atoms. The summed E-state index contributed by atoms with van der Waals surface area (Å²) in [6, 6.07) is 2.85. The highest BCUT2D eigenvalue weighted by Gasteiger charge is 2.21. The van der Waals surface area contributed by atoms with Gasteiger partial charge in [0.15, 0.2) is 9.84 Å². The molecule has 0 heterocycles. The highest BCUT2D eigenvalue weighted by molar-refractivity contribution is 7.90. The van der Waals surface area contributed by atoms with E-state index in [2.05, 4.69) is 10.6 Å². The molecule has 2 amide bonds. The molecular formula is C15H23FN2O4S. The molecule has 0 saturated heterocycles. The first-order valence-corrected chi connectivity index (χ1v) is 9.19. The van der Waals surface area contributed by atoms with Crippen LogP contribution in [0, 0.1) is 11.7 Å². The zero-order valence-electron chi connectivity index (χ0n) is 13.7. The molecule has 1 aromatic rings. The fourth-order valence-electron chi connectivity index (χ4n) is 1.96. The first-order valence-electron chi connectivity index (χ1n) is 7.30. The third-order valence-electron chi connectivity index (χ3n) is 3.21. The second kappa shape index (κ2) is 8.26. The summed E-state index contributed by atoms with van der Waals surface area (Å²) in [6.07, 6.45) is 0.889. The Morgan fingerprint density at radius 3 is 2.52 bits per heavy atom. The fraction of sp³-hybridized carbons (Fsp3) is 0.533. The Morgan fingerprint density at radius 2 is 2.00 bits per heavy atom. The number of halogens is 1. The van der Waals surface area contributed by atoms with Gasteiger partial charge in [-0.2, -0.15) is 0 Å². The number of nitrogens with one attached hydrogen (secondary N) is 2. The van der Waals surface area contributed by atoms with Gasteiger partial charge in [0.1, 0.15) is 10.7 Å². The molecule has 130 valence electrons. The second-order valence-corrected chi connectivity index (χ2v) is 7.45. The highest BCUT2D eigenvalue weighted by atomic mass is 32.2. The Bertz CT molecular complexity index is 647. The van der Waals surface area contributed by atoms with Gasteiger partial charge in [-0.1, -0.05) is 19.9 Å². The number of amides is 2. The molecular weight excluding hydrogens is 323 g/mol. The maximum atomic E-state index is 13.8. The predicted molar refractivity (Wildman–Crippen MR) is 86.8 cm³/mol. The number of urea groups is 1. The van der Waals surface area contributed by atoms with E-state index in [1.54, 1.807) is 0 Å². The van der Waals surface area contributed by atoms with Crippen molar-refractivity contribution in [3.8, 4) is 0 Å². The molecule has 6 nitrogen and oxygen atoms in total. The van der Waals surface area contributed by atoms with E-state index in [1.807, 2.05) is 20.8 Å². The van der Waals surface area contributed by atoms with E-state index in [9.17, 15) is 17.6 Å². The molecule has 8 heteroatoms. The van der Waals surface area contributed by atoms with Crippen LogP contribution in [-0.2, 0) is 14.6 Å². The molecule has 0 unspecified atom stereocenters. The summed E-state index contributed by atoms with van der Waals surface area (Å²) in [5.74, 6) is -0.783. The standard InChI is InChI=1S/C15H23FN2O4S/c1-5-22-9-13(10(2)3)18-15(19)17-12-8-6-7-11(16)14(12)23(4,20)21/h6-8,10,13H,5,9H2,1-4H3,(H2,17,18,19)/t13-/m0/s1. The summed E-state index contributed by atoms with van der Waals surface area (Å²) in [5, 5.41) is 5.10. The van der Waals surface area contributed by atoms with Crippen LogP contribution in [0.2, 0.25) is 0 Å². The van der Waals surface area contributed by atoms with Gasteiger partial charge in [-0.05, 0) is 25.0 Å². The quantitative estimate of drug-likeness (QED) is 0.794. The number of anilines is 1. The van der Waals surface area contributed by atoms with Crippen molar-refractivity contribution in [2.45, 2.75) is 31.7 Å². The van der Waals surface area contributed by atoms with Crippen LogP contribution in [0.4, 0.5) is 14.9 Å². The Balaban J connectivity index is 2.92. The lowest BCUT2D eigenvalue weighted by Crippen LogP contribution is -2.44. The van der Waals surface area contributed by atoms with Gasteiger partial charge in [-0.25, -0.2) is 17.6 Å². The number of carbonyl (C=O) groups is 1. The molecule has 0 aliphatic heterocycles. The van der Waals surface area contributed by atoms with Crippen molar-refractivity contribution >= 4 is 21.6 Å². The van der Waals surface area contributed by atoms with Crippen LogP contribution in [0.1, 0.15) is 20.8 Å². The van der Waals surface area contributed by atoms with Crippen LogP contribution in [-0.4, -0.2) is 40.0 Å². The molecule has 0 aromatic heterocycles. The van der Waals surface area contributed by atoms with Gasteiger partial charge in [0, 0.05) is 12.9 Å². The average molecular weight is 346 g/mol. The lowest BCUT2D eigenvalue weighted by Gasteiger charge is -2.22. The van der Waals surface area contributed by atoms with E-state index in [0.717, 1.165) is 12.3 Å². The van der Waals surface area contributed by atoms with E-state index in [-0.39, 0.29) is 17.6 Å². The third-order valence-corrected chi connectivity index (χ3v) is 4.37. The number of hydrogen-bond acceptors (Lipinski definition) is 4. The number of benzene rings is 1. The van der Waals surface area contributed by atoms with Crippen molar-refractivity contribution in [3.63, 3.8) is 0 Å². The topological polar surface area (TPSA) is 84.5 Å². The highest BCUT2D eigenvalue weighted by Crippen LogP contribution is 2.24. The molecule has 0 fully saturated rings. The van der Waals surface area contributed by atoms with Crippen LogP contribution >= 0.6 is 0 Å². The maximum absolute atomic E-state index is 13.8. The lowest BCUT2D eigenvalue weighted by molar-refractivity contribution is 0.111. The predicted octanol–water partition coefficient (Wildman–Crippen LogP) is 2.41. The minimum atomic E-state index is -3.81. The Hall–Kier alpha value is -1.67. The lowest BCUT2D eigenvalue weighted by atomic mass is 10.1. The van der Waals surface area contributed by atoms with Gasteiger partial charge in [-0.15, -0.1) is 0 Å². The fourth-order valence-corrected chi connectivity index (χ4v) is 2.90. The minimum absolute atomic E-state index is 0.0936. The van der Waals surface area contributed by atoms with Gasteiger partial charge in [0.2, 0.25) is 0 Å². The van der Waals surface area contributed by atoms with Crippen molar-refractivity contribution in [1.29, 1.82) is 0 Å². The summed E-state index contributed by atoms with van der Waals surface area (Å²) in [5.41, 5.74) is -0.0936. The molecule has 0 aliphatic carbocycles. The van der Waals surface area contributed by atoms with Crippen molar-refractivity contribution in [2.24, 2.45) is 5.92 Å². The Morgan fingerprint density at radius 1 is 1.35 bits per heavy atom. The normalized spacial score (nSPS) is 13.0. The van der Waals surface area contributed by atoms with Crippen LogP contribution in [0.25, 0.3) is 0 Å². The van der Waals surface area contributed by atoms with E-state index in [1.165, 1.54) is 12.1 Å². The van der Waals surface area contributed by atoms with Crippen molar-refractivity contribution in [2.75, 3.05) is 24.8 Å². The SMILES string of the molecule is CCOC[C@H](NC(=O)Nc1cccc(F)c1S(C)(=O)=O)C(C)C. The molecule has 0 bridgehead atoms. The number of ether oxygens (including phenoxy) is 1. The Labute approximate surface area is 136 Å². The van der Waals surface area contributed by atoms with Gasteiger partial charge in [0.05, 0.1) is 18.3 Å². The molecule has 1 atom stereocenters. The van der Waals surface area contributed by atoms with Crippen molar-refractivity contribution in [3.05, 3.63) is 24.0 Å². The first kappa shape index (κ1) is 19.4. The van der Waals surface area contributed by atoms with E-state index in [0.29, 0.717) is 13.2 Å². The number of rotatable bonds is 7. The Kier molecular flexibility index (Phi) is 6.96. The number of carbonyl (C=O) groups excluding carboxylic acids is 1. The van der Waals surface area contributed by atoms with Crippen LogP contribution in [0.5, 0.6) is 0 Å². The summed E-state index contributed by atoms with van der Waals surface area (Å²) in [6.45, 7) is 6.56. The van der Waals surface area contributed by atoms with Crippen LogP contribution in [0.3, 0.4) is 0 Å². The smallest absolute Gasteiger partial charge is 0.319 e. The summed E-state index contributed by atoms with van der Waals surface area (Å²) < 4.78 is 42.5. The molecule has 23 heavy (non-hydrogen) atoms. The molecule has 1 aromatic carbocycles. The van der Waals surface area contributed by atoms with Gasteiger partial charge < -0.3 is 15.4 Å². The maximum Gasteiger partial charge on any atom is 0.319 e. The molecule has 2 N–H and O–H groups in total. The average Bonchev–Trinajstić information content (AvgIpc) is 2.41. The summed E-state index contributed by atoms with van der Waals surface area (Å²) in [7, 11) is -3.81. The first-order chi connectivity index (χ1) is 10.7. The molecule has 0 radical (unpaired) electrons. The summed E-state index contributed by atoms with van der Waals surface area (Å²) >= 11 is 0.